The Morgan fingerprint density at radius 2 is 2.06 bits per heavy atom. The Kier molecular flexibility index (Phi) is 5.09. The standard InChI is InChI=1S/C12H17BrClNO/c1-12(2,3)16-7-6-15-9-4-5-10(13)11(14)8-9/h4-5,8,15H,6-7H2,1-3H3. The number of benzene rings is 1. The summed E-state index contributed by atoms with van der Waals surface area (Å²) in [5.41, 5.74) is 0.921. The maximum absolute atomic E-state index is 5.98. The predicted octanol–water partition coefficient (Wildman–Crippen LogP) is 4.33. The zero-order chi connectivity index (χ0) is 12.2. The van der Waals surface area contributed by atoms with Crippen LogP contribution in [0.15, 0.2) is 22.7 Å². The van der Waals surface area contributed by atoms with Crippen molar-refractivity contribution in [2.45, 2.75) is 26.4 Å². The summed E-state index contributed by atoms with van der Waals surface area (Å²) in [4.78, 5) is 0. The molecule has 1 aromatic carbocycles. The highest BCUT2D eigenvalue weighted by Crippen LogP contribution is 2.25. The highest BCUT2D eigenvalue weighted by molar-refractivity contribution is 9.10. The minimum atomic E-state index is -0.0843. The van der Waals surface area contributed by atoms with Crippen LogP contribution in [0.3, 0.4) is 0 Å². The van der Waals surface area contributed by atoms with Gasteiger partial charge in [-0.3, -0.25) is 0 Å². The van der Waals surface area contributed by atoms with Gasteiger partial charge in [0.25, 0.3) is 0 Å². The fourth-order valence-corrected chi connectivity index (χ4v) is 1.59. The molecule has 0 spiro atoms. The fourth-order valence-electron chi connectivity index (χ4n) is 1.16. The molecule has 0 aliphatic carbocycles. The molecule has 0 aromatic heterocycles. The molecule has 1 rings (SSSR count). The summed E-state index contributed by atoms with van der Waals surface area (Å²) in [5, 5.41) is 3.96. The van der Waals surface area contributed by atoms with Gasteiger partial charge in [0, 0.05) is 16.7 Å². The minimum absolute atomic E-state index is 0.0843. The molecule has 4 heteroatoms. The molecule has 0 bridgehead atoms. The summed E-state index contributed by atoms with van der Waals surface area (Å²) < 4.78 is 6.51. The van der Waals surface area contributed by atoms with E-state index in [0.717, 1.165) is 16.7 Å². The van der Waals surface area contributed by atoms with Crippen molar-refractivity contribution in [3.05, 3.63) is 27.7 Å². The molecule has 90 valence electrons. The molecule has 0 heterocycles. The number of halogens is 2. The van der Waals surface area contributed by atoms with Crippen LogP contribution in [0.4, 0.5) is 5.69 Å². The van der Waals surface area contributed by atoms with E-state index in [0.29, 0.717) is 11.6 Å². The smallest absolute Gasteiger partial charge is 0.0646 e. The van der Waals surface area contributed by atoms with Crippen LogP contribution < -0.4 is 5.32 Å². The van der Waals surface area contributed by atoms with E-state index in [4.69, 9.17) is 16.3 Å². The maximum Gasteiger partial charge on any atom is 0.0646 e. The molecule has 2 nitrogen and oxygen atoms in total. The third-order valence-electron chi connectivity index (χ3n) is 1.89. The predicted molar refractivity (Wildman–Crippen MR) is 73.3 cm³/mol. The van der Waals surface area contributed by atoms with E-state index in [1.54, 1.807) is 0 Å². The summed E-state index contributed by atoms with van der Waals surface area (Å²) in [7, 11) is 0. The number of nitrogens with one attached hydrogen (secondary N) is 1. The highest BCUT2D eigenvalue weighted by Gasteiger charge is 2.08. The SMILES string of the molecule is CC(C)(C)OCCNc1ccc(Br)c(Cl)c1. The Hall–Kier alpha value is -0.250. The number of ether oxygens (including phenoxy) is 1. The van der Waals surface area contributed by atoms with E-state index < -0.39 is 0 Å². The lowest BCUT2D eigenvalue weighted by Gasteiger charge is -2.19. The maximum atomic E-state index is 5.98. The van der Waals surface area contributed by atoms with Gasteiger partial charge in [0.1, 0.15) is 0 Å². The highest BCUT2D eigenvalue weighted by atomic mass is 79.9. The molecule has 0 unspecified atom stereocenters. The summed E-state index contributed by atoms with van der Waals surface area (Å²) in [5.74, 6) is 0. The quantitative estimate of drug-likeness (QED) is 0.836. The molecular formula is C12H17BrClNO. The zero-order valence-corrected chi connectivity index (χ0v) is 12.2. The van der Waals surface area contributed by atoms with Gasteiger partial charge >= 0.3 is 0 Å². The number of anilines is 1. The van der Waals surface area contributed by atoms with Crippen LogP contribution in [0.1, 0.15) is 20.8 Å². The lowest BCUT2D eigenvalue weighted by Crippen LogP contribution is -2.23. The monoisotopic (exact) mass is 305 g/mol. The van der Waals surface area contributed by atoms with Gasteiger partial charge in [-0.15, -0.1) is 0 Å². The van der Waals surface area contributed by atoms with Crippen molar-refractivity contribution in [1.29, 1.82) is 0 Å². The van der Waals surface area contributed by atoms with E-state index in [1.165, 1.54) is 0 Å². The van der Waals surface area contributed by atoms with E-state index in [9.17, 15) is 0 Å². The summed E-state index contributed by atoms with van der Waals surface area (Å²) >= 11 is 9.33. The van der Waals surface area contributed by atoms with Crippen molar-refractivity contribution < 1.29 is 4.74 Å². The van der Waals surface area contributed by atoms with Gasteiger partial charge in [0.2, 0.25) is 0 Å². The van der Waals surface area contributed by atoms with Gasteiger partial charge in [-0.1, -0.05) is 11.6 Å². The first kappa shape index (κ1) is 13.8. The lowest BCUT2D eigenvalue weighted by molar-refractivity contribution is 0.00333. The van der Waals surface area contributed by atoms with Crippen molar-refractivity contribution >= 4 is 33.2 Å². The van der Waals surface area contributed by atoms with Crippen molar-refractivity contribution in [2.24, 2.45) is 0 Å². The second-order valence-corrected chi connectivity index (χ2v) is 5.78. The van der Waals surface area contributed by atoms with Crippen LogP contribution in [-0.2, 0) is 4.74 Å². The third-order valence-corrected chi connectivity index (χ3v) is 3.12. The third kappa shape index (κ3) is 5.19. The molecule has 0 saturated carbocycles. The molecule has 0 aliphatic rings. The Morgan fingerprint density at radius 3 is 2.62 bits per heavy atom. The van der Waals surface area contributed by atoms with E-state index in [-0.39, 0.29) is 5.60 Å². The van der Waals surface area contributed by atoms with Gasteiger partial charge in [-0.2, -0.15) is 0 Å². The number of rotatable bonds is 4. The van der Waals surface area contributed by atoms with Crippen molar-refractivity contribution in [3.63, 3.8) is 0 Å². The topological polar surface area (TPSA) is 21.3 Å². The lowest BCUT2D eigenvalue weighted by atomic mass is 10.2. The molecule has 0 atom stereocenters. The van der Waals surface area contributed by atoms with E-state index >= 15 is 0 Å². The van der Waals surface area contributed by atoms with Crippen LogP contribution >= 0.6 is 27.5 Å². The van der Waals surface area contributed by atoms with Gasteiger partial charge < -0.3 is 10.1 Å². The molecule has 0 saturated heterocycles. The number of hydrogen-bond acceptors (Lipinski definition) is 2. The Labute approximate surface area is 110 Å². The zero-order valence-electron chi connectivity index (χ0n) is 9.81. The van der Waals surface area contributed by atoms with Crippen LogP contribution in [-0.4, -0.2) is 18.8 Å². The Bertz CT molecular complexity index is 349. The first-order valence-corrected chi connectivity index (χ1v) is 6.38. The Morgan fingerprint density at radius 1 is 1.38 bits per heavy atom. The average molecular weight is 307 g/mol. The molecule has 0 aliphatic heterocycles. The first-order chi connectivity index (χ1) is 7.38. The van der Waals surface area contributed by atoms with Crippen LogP contribution in [0.5, 0.6) is 0 Å². The molecule has 1 N–H and O–H groups in total. The molecule has 0 radical (unpaired) electrons. The second-order valence-electron chi connectivity index (χ2n) is 4.52. The van der Waals surface area contributed by atoms with Gasteiger partial charge in [0.15, 0.2) is 0 Å². The average Bonchev–Trinajstić information content (AvgIpc) is 2.17. The molecule has 16 heavy (non-hydrogen) atoms. The summed E-state index contributed by atoms with van der Waals surface area (Å²) in [6.07, 6.45) is 0. The first-order valence-electron chi connectivity index (χ1n) is 5.21. The van der Waals surface area contributed by atoms with E-state index in [2.05, 4.69) is 21.2 Å². The van der Waals surface area contributed by atoms with Crippen LogP contribution in [0.25, 0.3) is 0 Å². The molecule has 1 aromatic rings. The largest absolute Gasteiger partial charge is 0.383 e. The van der Waals surface area contributed by atoms with Gasteiger partial charge in [-0.05, 0) is 54.9 Å². The van der Waals surface area contributed by atoms with Gasteiger partial charge in [0.05, 0.1) is 17.2 Å². The van der Waals surface area contributed by atoms with Crippen molar-refractivity contribution in [1.82, 2.24) is 0 Å². The van der Waals surface area contributed by atoms with Crippen LogP contribution in [0.2, 0.25) is 5.02 Å². The minimum Gasteiger partial charge on any atom is -0.383 e. The van der Waals surface area contributed by atoms with Crippen LogP contribution in [0, 0.1) is 0 Å². The molecule has 0 fully saturated rings. The number of hydrogen-bond donors (Lipinski definition) is 1. The van der Waals surface area contributed by atoms with Crippen molar-refractivity contribution in [2.75, 3.05) is 18.5 Å². The van der Waals surface area contributed by atoms with E-state index in [1.807, 2.05) is 39.0 Å². The summed E-state index contributed by atoms with van der Waals surface area (Å²) in [6, 6.07) is 5.80. The molecule has 0 amide bonds. The Balaban J connectivity index is 2.35. The summed E-state index contributed by atoms with van der Waals surface area (Å²) in [6.45, 7) is 7.59. The normalized spacial score (nSPS) is 11.6. The fraction of sp³-hybridized carbons (Fsp3) is 0.500. The van der Waals surface area contributed by atoms with Gasteiger partial charge in [-0.25, -0.2) is 0 Å². The van der Waals surface area contributed by atoms with Crippen molar-refractivity contribution in [3.8, 4) is 0 Å². The second kappa shape index (κ2) is 5.89. The molecular weight excluding hydrogens is 289 g/mol.